The first-order valence-corrected chi connectivity index (χ1v) is 12.2. The molecule has 200 valence electrons. The maximum Gasteiger partial charge on any atom is 0.573 e. The summed E-state index contributed by atoms with van der Waals surface area (Å²) in [5.41, 5.74) is 10.7. The molecule has 0 fully saturated rings. The van der Waals surface area contributed by atoms with Gasteiger partial charge in [-0.05, 0) is 56.8 Å². The van der Waals surface area contributed by atoms with Crippen LogP contribution in [0.2, 0.25) is 5.15 Å². The van der Waals surface area contributed by atoms with Crippen LogP contribution in [0.4, 0.5) is 13.2 Å². The number of nitrogens with two attached hydrogens (primary N) is 1. The fraction of sp³-hybridized carbons (Fsp3) is 0.308. The molecule has 0 amide bonds. The van der Waals surface area contributed by atoms with E-state index in [2.05, 4.69) is 15.0 Å². The molecule has 2 heterocycles. The van der Waals surface area contributed by atoms with Crippen LogP contribution in [0.25, 0.3) is 5.69 Å². The number of nitrogens with one attached hydrogen (secondary N) is 1. The van der Waals surface area contributed by atoms with Crippen molar-refractivity contribution < 1.29 is 22.6 Å². The van der Waals surface area contributed by atoms with Crippen LogP contribution in [0.5, 0.6) is 11.5 Å². The van der Waals surface area contributed by atoms with Crippen LogP contribution >= 0.6 is 11.6 Å². The van der Waals surface area contributed by atoms with Gasteiger partial charge in [0.05, 0.1) is 12.8 Å². The Hall–Kier alpha value is -3.70. The van der Waals surface area contributed by atoms with E-state index in [4.69, 9.17) is 27.1 Å². The number of aromatic nitrogens is 2. The summed E-state index contributed by atoms with van der Waals surface area (Å²) in [4.78, 5) is 10.9. The van der Waals surface area contributed by atoms with Crippen molar-refractivity contribution in [3.05, 3.63) is 82.5 Å². The van der Waals surface area contributed by atoms with Gasteiger partial charge in [0.2, 0.25) is 5.79 Å². The third kappa shape index (κ3) is 4.67. The number of alkyl halides is 3. The SMILES string of the molecule is COc1cc(C2(N(C)C)N=C(N)C3=C(N2)C(c2ccc(OC(F)(F)F)cc2)CC3)ccc1-n1cnc(Cl)c1. The number of allylic oxidation sites excluding steroid dienone is 1. The highest BCUT2D eigenvalue weighted by atomic mass is 35.5. The zero-order valence-corrected chi connectivity index (χ0v) is 21.6. The predicted octanol–water partition coefficient (Wildman–Crippen LogP) is 4.90. The van der Waals surface area contributed by atoms with E-state index in [0.29, 0.717) is 23.2 Å². The number of nitrogens with zero attached hydrogens (tertiary/aromatic N) is 4. The first-order chi connectivity index (χ1) is 18.0. The molecule has 1 aromatic heterocycles. The molecular weight excluding hydrogens is 521 g/mol. The number of aliphatic imine (C=N–C) groups is 1. The maximum atomic E-state index is 12.6. The number of ether oxygens (including phenoxy) is 2. The van der Waals surface area contributed by atoms with Crippen molar-refractivity contribution in [2.24, 2.45) is 10.7 Å². The lowest BCUT2D eigenvalue weighted by Crippen LogP contribution is -2.55. The van der Waals surface area contributed by atoms with Gasteiger partial charge in [-0.25, -0.2) is 9.98 Å². The lowest BCUT2D eigenvalue weighted by atomic mass is 9.94. The Balaban J connectivity index is 1.51. The third-order valence-electron chi connectivity index (χ3n) is 6.83. The summed E-state index contributed by atoms with van der Waals surface area (Å²) in [6.45, 7) is 0. The van der Waals surface area contributed by atoms with E-state index in [9.17, 15) is 13.2 Å². The minimum Gasteiger partial charge on any atom is -0.495 e. The van der Waals surface area contributed by atoms with Crippen LogP contribution in [-0.2, 0) is 5.79 Å². The molecule has 0 saturated carbocycles. The number of hydrogen-bond acceptors (Lipinski definition) is 7. The van der Waals surface area contributed by atoms with E-state index in [1.54, 1.807) is 36.3 Å². The third-order valence-corrected chi connectivity index (χ3v) is 7.03. The van der Waals surface area contributed by atoms with E-state index in [1.807, 2.05) is 37.2 Å². The minimum atomic E-state index is -4.74. The highest BCUT2D eigenvalue weighted by Gasteiger charge is 2.44. The van der Waals surface area contributed by atoms with E-state index in [-0.39, 0.29) is 11.7 Å². The molecule has 0 radical (unpaired) electrons. The van der Waals surface area contributed by atoms with Gasteiger partial charge in [0.25, 0.3) is 0 Å². The summed E-state index contributed by atoms with van der Waals surface area (Å²) >= 11 is 6.01. The molecule has 2 aliphatic rings. The normalized spacial score (nSPS) is 21.3. The Labute approximate surface area is 222 Å². The first kappa shape index (κ1) is 25.9. The van der Waals surface area contributed by atoms with Gasteiger partial charge in [-0.3, -0.25) is 4.90 Å². The van der Waals surface area contributed by atoms with E-state index in [0.717, 1.165) is 34.5 Å². The van der Waals surface area contributed by atoms with Gasteiger partial charge < -0.3 is 25.1 Å². The molecule has 12 heteroatoms. The molecule has 2 unspecified atom stereocenters. The zero-order valence-electron chi connectivity index (χ0n) is 20.9. The smallest absolute Gasteiger partial charge is 0.495 e. The van der Waals surface area contributed by atoms with Gasteiger partial charge in [0, 0.05) is 28.9 Å². The molecule has 8 nitrogen and oxygen atoms in total. The second kappa shape index (κ2) is 9.55. The van der Waals surface area contributed by atoms with Crippen molar-refractivity contribution >= 4 is 17.4 Å². The Morgan fingerprint density at radius 3 is 2.53 bits per heavy atom. The Morgan fingerprint density at radius 1 is 1.18 bits per heavy atom. The molecule has 5 rings (SSSR count). The van der Waals surface area contributed by atoms with Crippen molar-refractivity contribution in [2.45, 2.75) is 30.9 Å². The summed E-state index contributed by atoms with van der Waals surface area (Å²) in [7, 11) is 5.35. The molecule has 0 spiro atoms. The summed E-state index contributed by atoms with van der Waals surface area (Å²) in [5.74, 6) is -0.427. The summed E-state index contributed by atoms with van der Waals surface area (Å²) in [6.07, 6.45) is -0.0356. The second-order valence-electron chi connectivity index (χ2n) is 9.28. The van der Waals surface area contributed by atoms with Crippen LogP contribution in [-0.4, -0.2) is 47.9 Å². The molecule has 3 aromatic rings. The van der Waals surface area contributed by atoms with E-state index in [1.165, 1.54) is 12.1 Å². The van der Waals surface area contributed by atoms with Crippen molar-refractivity contribution in [1.82, 2.24) is 19.8 Å². The van der Waals surface area contributed by atoms with E-state index >= 15 is 0 Å². The molecule has 0 saturated heterocycles. The Bertz CT molecular complexity index is 1420. The highest BCUT2D eigenvalue weighted by molar-refractivity contribution is 6.29. The Morgan fingerprint density at radius 2 is 1.92 bits per heavy atom. The minimum absolute atomic E-state index is 0.104. The van der Waals surface area contributed by atoms with Crippen LogP contribution < -0.4 is 20.5 Å². The molecule has 2 aromatic carbocycles. The zero-order chi connectivity index (χ0) is 27.2. The lowest BCUT2D eigenvalue weighted by molar-refractivity contribution is -0.274. The second-order valence-corrected chi connectivity index (χ2v) is 9.67. The van der Waals surface area contributed by atoms with Crippen LogP contribution in [0, 0.1) is 0 Å². The van der Waals surface area contributed by atoms with Crippen molar-refractivity contribution in [1.29, 1.82) is 0 Å². The molecule has 1 aliphatic carbocycles. The number of halogens is 4. The van der Waals surface area contributed by atoms with Gasteiger partial charge in [-0.15, -0.1) is 13.2 Å². The number of imidazole rings is 1. The quantitative estimate of drug-likeness (QED) is 0.457. The van der Waals surface area contributed by atoms with Gasteiger partial charge in [-0.1, -0.05) is 29.8 Å². The Kier molecular flexibility index (Phi) is 6.52. The first-order valence-electron chi connectivity index (χ1n) is 11.8. The standard InChI is InChI=1S/C26H26ClF3N6O2/c1-35(2)25(16-6-11-20(21(12-16)37-3)36-13-22(27)32-14-36)33-23-18(9-10-19(23)24(31)34-25)15-4-7-17(8-5-15)38-26(28,29)30/h4-8,11-14,18,33H,9-10H2,1-3H3,(H2,31,34). The molecule has 38 heavy (non-hydrogen) atoms. The lowest BCUT2D eigenvalue weighted by Gasteiger charge is -2.42. The average Bonchev–Trinajstić information content (AvgIpc) is 3.49. The summed E-state index contributed by atoms with van der Waals surface area (Å²) in [6, 6.07) is 11.6. The summed E-state index contributed by atoms with van der Waals surface area (Å²) in [5, 5.41) is 3.98. The van der Waals surface area contributed by atoms with Crippen LogP contribution in [0.15, 0.2) is 71.3 Å². The molecule has 1 aliphatic heterocycles. The van der Waals surface area contributed by atoms with Crippen molar-refractivity contribution in [3.8, 4) is 17.2 Å². The highest BCUT2D eigenvalue weighted by Crippen LogP contribution is 2.45. The molecule has 0 bridgehead atoms. The average molecular weight is 547 g/mol. The number of hydrogen-bond donors (Lipinski definition) is 2. The van der Waals surface area contributed by atoms with E-state index < -0.39 is 12.1 Å². The number of methoxy groups -OCH3 is 1. The van der Waals surface area contributed by atoms with Gasteiger partial charge in [0.15, 0.2) is 0 Å². The van der Waals surface area contributed by atoms with Crippen molar-refractivity contribution in [2.75, 3.05) is 21.2 Å². The van der Waals surface area contributed by atoms with Gasteiger partial charge >= 0.3 is 6.36 Å². The molecule has 3 N–H and O–H groups in total. The fourth-order valence-corrected chi connectivity index (χ4v) is 5.19. The number of benzene rings is 2. The molecule has 2 atom stereocenters. The predicted molar refractivity (Wildman–Crippen MR) is 137 cm³/mol. The fourth-order valence-electron chi connectivity index (χ4n) is 5.04. The van der Waals surface area contributed by atoms with Crippen molar-refractivity contribution in [3.63, 3.8) is 0 Å². The molecular formula is C26H26ClF3N6O2. The maximum absolute atomic E-state index is 12.6. The number of amidine groups is 1. The number of rotatable bonds is 6. The van der Waals surface area contributed by atoms with Crippen LogP contribution in [0.1, 0.15) is 29.9 Å². The van der Waals surface area contributed by atoms with Gasteiger partial charge in [0.1, 0.15) is 28.8 Å². The largest absolute Gasteiger partial charge is 0.573 e. The van der Waals surface area contributed by atoms with Gasteiger partial charge in [-0.2, -0.15) is 0 Å². The monoisotopic (exact) mass is 546 g/mol. The topological polar surface area (TPSA) is 89.9 Å². The summed E-state index contributed by atoms with van der Waals surface area (Å²) < 4.78 is 49.3. The van der Waals surface area contributed by atoms with Crippen LogP contribution in [0.3, 0.4) is 0 Å².